The van der Waals surface area contributed by atoms with E-state index in [1.54, 1.807) is 12.3 Å². The molecule has 1 saturated heterocycles. The highest BCUT2D eigenvalue weighted by atomic mass is 35.5. The van der Waals surface area contributed by atoms with Crippen LogP contribution >= 0.6 is 22.9 Å². The molecule has 0 saturated carbocycles. The lowest BCUT2D eigenvalue weighted by atomic mass is 9.95. The third-order valence-corrected chi connectivity index (χ3v) is 6.63. The predicted octanol–water partition coefficient (Wildman–Crippen LogP) is 3.64. The van der Waals surface area contributed by atoms with Gasteiger partial charge in [0.15, 0.2) is 10.8 Å². The number of benzene rings is 1. The fourth-order valence-corrected chi connectivity index (χ4v) is 4.92. The van der Waals surface area contributed by atoms with Gasteiger partial charge in [0.25, 0.3) is 5.92 Å². The minimum atomic E-state index is -3.21. The smallest absolute Gasteiger partial charge is 0.338 e. The molecular formula is C22H20ClF3N4O4S. The number of hydrogen-bond acceptors (Lipinski definition) is 8. The van der Waals surface area contributed by atoms with E-state index >= 15 is 0 Å². The van der Waals surface area contributed by atoms with Crippen LogP contribution in [0.1, 0.15) is 30.0 Å². The molecular weight excluding hydrogens is 509 g/mol. The van der Waals surface area contributed by atoms with Crippen LogP contribution in [0.15, 0.2) is 46.0 Å². The van der Waals surface area contributed by atoms with Gasteiger partial charge in [-0.1, -0.05) is 17.7 Å². The first kappa shape index (κ1) is 25.1. The number of amidine groups is 1. The number of nitrogens with one attached hydrogen (secondary N) is 1. The molecule has 35 heavy (non-hydrogen) atoms. The second kappa shape index (κ2) is 9.96. The molecule has 0 radical (unpaired) electrons. The van der Waals surface area contributed by atoms with Crippen LogP contribution in [0, 0.1) is 5.82 Å². The highest BCUT2D eigenvalue weighted by Gasteiger charge is 2.49. The summed E-state index contributed by atoms with van der Waals surface area (Å²) in [7, 11) is 0. The van der Waals surface area contributed by atoms with Crippen molar-refractivity contribution in [1.82, 2.24) is 15.2 Å². The fourth-order valence-electron chi connectivity index (χ4n) is 4.06. The SMILES string of the molecule is CCOC(=O)C1=C(CN2CC(F)(F)CC2C(=O)O)NC(c2nccs2)=NC1c1ccc(F)cc1Cl. The number of hydrogen-bond donors (Lipinski definition) is 2. The Hall–Kier alpha value is -2.96. The Balaban J connectivity index is 1.84. The molecule has 0 amide bonds. The maximum Gasteiger partial charge on any atom is 0.338 e. The lowest BCUT2D eigenvalue weighted by Gasteiger charge is -2.30. The molecule has 8 nitrogen and oxygen atoms in total. The molecule has 2 aromatic rings. The monoisotopic (exact) mass is 528 g/mol. The number of halogens is 4. The molecule has 186 valence electrons. The Morgan fingerprint density at radius 1 is 1.40 bits per heavy atom. The molecule has 1 aromatic carbocycles. The van der Waals surface area contributed by atoms with Gasteiger partial charge in [-0.05, 0) is 19.1 Å². The molecule has 1 fully saturated rings. The van der Waals surface area contributed by atoms with Crippen molar-refractivity contribution < 1.29 is 32.6 Å². The highest BCUT2D eigenvalue weighted by Crippen LogP contribution is 2.38. The second-order valence-electron chi connectivity index (χ2n) is 7.94. The maximum absolute atomic E-state index is 14.1. The van der Waals surface area contributed by atoms with E-state index in [-0.39, 0.29) is 40.8 Å². The van der Waals surface area contributed by atoms with Crippen LogP contribution < -0.4 is 5.32 Å². The maximum atomic E-state index is 14.1. The third-order valence-electron chi connectivity index (χ3n) is 5.53. The Kier molecular flexibility index (Phi) is 7.15. The van der Waals surface area contributed by atoms with Crippen molar-refractivity contribution >= 4 is 40.7 Å². The van der Waals surface area contributed by atoms with E-state index < -0.39 is 48.7 Å². The first-order chi connectivity index (χ1) is 16.6. The van der Waals surface area contributed by atoms with Gasteiger partial charge in [-0.25, -0.2) is 22.9 Å². The molecule has 0 spiro atoms. The Morgan fingerprint density at radius 2 is 2.17 bits per heavy atom. The number of alkyl halides is 2. The molecule has 1 aromatic heterocycles. The van der Waals surface area contributed by atoms with Gasteiger partial charge in [-0.3, -0.25) is 14.7 Å². The zero-order valence-electron chi connectivity index (χ0n) is 18.3. The predicted molar refractivity (Wildman–Crippen MR) is 122 cm³/mol. The van der Waals surface area contributed by atoms with Crippen LogP contribution in [0.5, 0.6) is 0 Å². The number of nitrogens with zero attached hydrogens (tertiary/aromatic N) is 3. The molecule has 2 N–H and O–H groups in total. The van der Waals surface area contributed by atoms with Crippen LogP contribution in [0.25, 0.3) is 0 Å². The van der Waals surface area contributed by atoms with Gasteiger partial charge in [0, 0.05) is 40.8 Å². The number of likely N-dealkylation sites (tertiary alicyclic amines) is 1. The quantitative estimate of drug-likeness (QED) is 0.529. The Labute approximate surface area is 207 Å². The van der Waals surface area contributed by atoms with Crippen LogP contribution in [-0.2, 0) is 14.3 Å². The van der Waals surface area contributed by atoms with Gasteiger partial charge in [0.2, 0.25) is 0 Å². The summed E-state index contributed by atoms with van der Waals surface area (Å²) in [4.78, 5) is 34.6. The van der Waals surface area contributed by atoms with Crippen LogP contribution in [0.2, 0.25) is 5.02 Å². The van der Waals surface area contributed by atoms with E-state index in [4.69, 9.17) is 16.3 Å². The average Bonchev–Trinajstić information content (AvgIpc) is 3.41. The number of thiazole rings is 1. The van der Waals surface area contributed by atoms with E-state index in [2.05, 4.69) is 15.3 Å². The number of aliphatic imine (C=N–C) groups is 1. The van der Waals surface area contributed by atoms with Gasteiger partial charge in [0.1, 0.15) is 17.9 Å². The first-order valence-electron chi connectivity index (χ1n) is 10.5. The number of carboxylic acids is 1. The average molecular weight is 529 g/mol. The van der Waals surface area contributed by atoms with Gasteiger partial charge in [-0.15, -0.1) is 11.3 Å². The summed E-state index contributed by atoms with van der Waals surface area (Å²) in [6.07, 6.45) is 0.681. The lowest BCUT2D eigenvalue weighted by molar-refractivity contribution is -0.142. The van der Waals surface area contributed by atoms with Crippen LogP contribution in [-0.4, -0.2) is 64.4 Å². The van der Waals surface area contributed by atoms with Crippen molar-refractivity contribution in [2.24, 2.45) is 4.99 Å². The molecule has 2 aliphatic heterocycles. The summed E-state index contributed by atoms with van der Waals surface area (Å²) in [5, 5.41) is 14.6. The van der Waals surface area contributed by atoms with Gasteiger partial charge in [0.05, 0.1) is 18.7 Å². The highest BCUT2D eigenvalue weighted by molar-refractivity contribution is 7.11. The molecule has 2 aliphatic rings. The first-order valence-corrected chi connectivity index (χ1v) is 11.8. The number of esters is 1. The topological polar surface area (TPSA) is 104 Å². The number of carbonyl (C=O) groups excluding carboxylic acids is 1. The van der Waals surface area contributed by atoms with E-state index in [9.17, 15) is 27.9 Å². The molecule has 2 unspecified atom stereocenters. The molecule has 3 heterocycles. The summed E-state index contributed by atoms with van der Waals surface area (Å²) in [5.41, 5.74) is 0.365. The Morgan fingerprint density at radius 3 is 2.80 bits per heavy atom. The summed E-state index contributed by atoms with van der Waals surface area (Å²) in [6.45, 7) is 0.472. The van der Waals surface area contributed by atoms with E-state index in [1.807, 2.05) is 0 Å². The van der Waals surface area contributed by atoms with Crippen molar-refractivity contribution in [3.8, 4) is 0 Å². The molecule has 0 bridgehead atoms. The van der Waals surface area contributed by atoms with E-state index in [0.717, 1.165) is 17.0 Å². The van der Waals surface area contributed by atoms with Crippen molar-refractivity contribution in [1.29, 1.82) is 0 Å². The molecule has 2 atom stereocenters. The number of rotatable bonds is 7. The summed E-state index contributed by atoms with van der Waals surface area (Å²) in [5.74, 6) is -5.77. The van der Waals surface area contributed by atoms with Crippen molar-refractivity contribution in [2.45, 2.75) is 31.4 Å². The largest absolute Gasteiger partial charge is 0.480 e. The zero-order valence-corrected chi connectivity index (χ0v) is 19.9. The molecule has 0 aliphatic carbocycles. The Bertz CT molecular complexity index is 1210. The van der Waals surface area contributed by atoms with Crippen molar-refractivity contribution in [3.63, 3.8) is 0 Å². The lowest BCUT2D eigenvalue weighted by Crippen LogP contribution is -2.43. The molecule has 13 heteroatoms. The minimum absolute atomic E-state index is 0.00333. The fraction of sp³-hybridized carbons (Fsp3) is 0.364. The number of aromatic nitrogens is 1. The summed E-state index contributed by atoms with van der Waals surface area (Å²) in [6, 6.07) is 1.06. The summed E-state index contributed by atoms with van der Waals surface area (Å²) >= 11 is 7.54. The van der Waals surface area contributed by atoms with Gasteiger partial charge >= 0.3 is 11.9 Å². The standard InChI is InChI=1S/C22H20ClF3N4O4S/c1-2-34-21(33)16-14(9-30-10-22(25,26)8-15(30)20(31)32)28-18(19-27-5-6-35-19)29-17(16)12-4-3-11(24)7-13(12)23/h3-7,15,17H,2,8-10H2,1H3,(H,28,29)(H,31,32). The molecule has 4 rings (SSSR count). The normalized spacial score (nSPS) is 22.0. The number of ether oxygens (including phenoxy) is 1. The van der Waals surface area contributed by atoms with Gasteiger partial charge < -0.3 is 15.2 Å². The van der Waals surface area contributed by atoms with Crippen LogP contribution in [0.3, 0.4) is 0 Å². The van der Waals surface area contributed by atoms with Crippen LogP contribution in [0.4, 0.5) is 13.2 Å². The number of carbonyl (C=O) groups is 2. The van der Waals surface area contributed by atoms with Crippen molar-refractivity contribution in [2.75, 3.05) is 19.7 Å². The summed E-state index contributed by atoms with van der Waals surface area (Å²) < 4.78 is 47.3. The minimum Gasteiger partial charge on any atom is -0.480 e. The number of carboxylic acid groups (broad SMARTS) is 1. The second-order valence-corrected chi connectivity index (χ2v) is 9.24. The van der Waals surface area contributed by atoms with E-state index in [0.29, 0.717) is 5.01 Å². The van der Waals surface area contributed by atoms with E-state index in [1.165, 1.54) is 23.6 Å². The van der Waals surface area contributed by atoms with Crippen molar-refractivity contribution in [3.05, 3.63) is 62.5 Å². The number of aliphatic carboxylic acids is 1. The third kappa shape index (κ3) is 5.34. The van der Waals surface area contributed by atoms with Gasteiger partial charge in [-0.2, -0.15) is 0 Å². The zero-order chi connectivity index (χ0) is 25.3.